The number of piperazine rings is 1. The maximum atomic E-state index is 6.19. The highest BCUT2D eigenvalue weighted by Crippen LogP contribution is 2.25. The number of hydrogen-bond acceptors (Lipinski definition) is 2. The summed E-state index contributed by atoms with van der Waals surface area (Å²) in [5.74, 6) is 0. The van der Waals surface area contributed by atoms with Gasteiger partial charge in [0.2, 0.25) is 0 Å². The van der Waals surface area contributed by atoms with Gasteiger partial charge in [-0.2, -0.15) is 0 Å². The van der Waals surface area contributed by atoms with Crippen LogP contribution in [0.25, 0.3) is 6.08 Å². The van der Waals surface area contributed by atoms with Gasteiger partial charge in [-0.3, -0.25) is 4.90 Å². The van der Waals surface area contributed by atoms with E-state index in [4.69, 9.17) is 35.4 Å². The molecule has 0 aliphatic carbocycles. The lowest BCUT2D eigenvalue weighted by Gasteiger charge is -2.35. The molecule has 0 saturated carbocycles. The standard InChI is InChI=1S/C20H21Cl2N3S/c21-17-8-9-18(22)19(15-17)23-20(26)25-13-11-24(12-14-25)10-4-7-16-5-2-1-3-6-16/h1-9,15H,10-14H2,(H,23,26)/b7-4+. The zero-order valence-electron chi connectivity index (χ0n) is 14.4. The van der Waals surface area contributed by atoms with Crippen molar-refractivity contribution in [1.29, 1.82) is 0 Å². The number of hydrogen-bond donors (Lipinski definition) is 1. The van der Waals surface area contributed by atoms with Gasteiger partial charge in [0, 0.05) is 37.7 Å². The van der Waals surface area contributed by atoms with E-state index in [0.29, 0.717) is 15.2 Å². The average Bonchev–Trinajstić information content (AvgIpc) is 2.66. The van der Waals surface area contributed by atoms with Crippen LogP contribution in [-0.2, 0) is 0 Å². The molecule has 0 aromatic heterocycles. The van der Waals surface area contributed by atoms with Crippen LogP contribution in [0.2, 0.25) is 10.0 Å². The molecule has 3 nitrogen and oxygen atoms in total. The molecule has 2 aromatic carbocycles. The molecule has 0 amide bonds. The average molecular weight is 406 g/mol. The molecule has 136 valence electrons. The molecule has 26 heavy (non-hydrogen) atoms. The predicted molar refractivity (Wildman–Crippen MR) is 116 cm³/mol. The van der Waals surface area contributed by atoms with Gasteiger partial charge in [0.1, 0.15) is 0 Å². The van der Waals surface area contributed by atoms with E-state index in [-0.39, 0.29) is 0 Å². The molecule has 0 spiro atoms. The SMILES string of the molecule is S=C(Nc1cc(Cl)ccc1Cl)N1CCN(C/C=C/c2ccccc2)CC1. The van der Waals surface area contributed by atoms with Gasteiger partial charge in [0.05, 0.1) is 10.7 Å². The Labute approximate surface area is 170 Å². The molecular formula is C20H21Cl2N3S. The summed E-state index contributed by atoms with van der Waals surface area (Å²) < 4.78 is 0. The molecule has 1 saturated heterocycles. The van der Waals surface area contributed by atoms with E-state index in [9.17, 15) is 0 Å². The molecule has 3 rings (SSSR count). The topological polar surface area (TPSA) is 18.5 Å². The molecule has 0 radical (unpaired) electrons. The fourth-order valence-corrected chi connectivity index (χ4v) is 3.45. The van der Waals surface area contributed by atoms with Gasteiger partial charge in [0.25, 0.3) is 0 Å². The molecule has 1 N–H and O–H groups in total. The minimum Gasteiger partial charge on any atom is -0.346 e. The third kappa shape index (κ3) is 5.45. The number of halogens is 2. The highest BCUT2D eigenvalue weighted by molar-refractivity contribution is 7.80. The molecule has 1 heterocycles. The lowest BCUT2D eigenvalue weighted by atomic mass is 10.2. The fourth-order valence-electron chi connectivity index (χ4n) is 2.82. The Morgan fingerprint density at radius 2 is 1.77 bits per heavy atom. The first-order chi connectivity index (χ1) is 12.6. The Morgan fingerprint density at radius 1 is 1.04 bits per heavy atom. The van der Waals surface area contributed by atoms with Crippen LogP contribution in [0.15, 0.2) is 54.6 Å². The normalized spacial score (nSPS) is 15.4. The first-order valence-corrected chi connectivity index (χ1v) is 9.73. The molecular weight excluding hydrogens is 385 g/mol. The molecule has 6 heteroatoms. The Balaban J connectivity index is 1.46. The fraction of sp³-hybridized carbons (Fsp3) is 0.250. The van der Waals surface area contributed by atoms with Crippen LogP contribution >= 0.6 is 35.4 Å². The molecule has 1 fully saturated rings. The van der Waals surface area contributed by atoms with Gasteiger partial charge >= 0.3 is 0 Å². The second-order valence-corrected chi connectivity index (χ2v) is 7.39. The van der Waals surface area contributed by atoms with E-state index in [1.54, 1.807) is 18.2 Å². The van der Waals surface area contributed by atoms with Crippen molar-refractivity contribution in [1.82, 2.24) is 9.80 Å². The zero-order valence-corrected chi connectivity index (χ0v) is 16.7. The molecule has 0 atom stereocenters. The monoisotopic (exact) mass is 405 g/mol. The maximum absolute atomic E-state index is 6.19. The summed E-state index contributed by atoms with van der Waals surface area (Å²) in [5.41, 5.74) is 1.98. The van der Waals surface area contributed by atoms with Crippen molar-refractivity contribution in [2.24, 2.45) is 0 Å². The minimum atomic E-state index is 0.612. The van der Waals surface area contributed by atoms with Gasteiger partial charge in [-0.05, 0) is 36.0 Å². The molecule has 2 aromatic rings. The second kappa shape index (κ2) is 9.38. The van der Waals surface area contributed by atoms with Crippen molar-refractivity contribution in [2.75, 3.05) is 38.0 Å². The molecule has 1 aliphatic heterocycles. The minimum absolute atomic E-state index is 0.612. The van der Waals surface area contributed by atoms with E-state index in [2.05, 4.69) is 51.5 Å². The summed E-state index contributed by atoms with van der Waals surface area (Å²) in [6.45, 7) is 4.68. The van der Waals surface area contributed by atoms with Crippen LogP contribution in [0.1, 0.15) is 5.56 Å². The van der Waals surface area contributed by atoms with Crippen molar-refractivity contribution < 1.29 is 0 Å². The largest absolute Gasteiger partial charge is 0.346 e. The summed E-state index contributed by atoms with van der Waals surface area (Å²) in [6.07, 6.45) is 4.38. The first-order valence-electron chi connectivity index (χ1n) is 8.57. The molecule has 0 unspecified atom stereocenters. The van der Waals surface area contributed by atoms with Gasteiger partial charge in [0.15, 0.2) is 5.11 Å². The number of nitrogens with zero attached hydrogens (tertiary/aromatic N) is 2. The predicted octanol–water partition coefficient (Wildman–Crippen LogP) is 5.02. The Hall–Kier alpha value is -1.59. The summed E-state index contributed by atoms with van der Waals surface area (Å²) in [6, 6.07) is 15.7. The summed E-state index contributed by atoms with van der Waals surface area (Å²) in [4.78, 5) is 4.59. The summed E-state index contributed by atoms with van der Waals surface area (Å²) >= 11 is 17.8. The van der Waals surface area contributed by atoms with Crippen LogP contribution in [0.5, 0.6) is 0 Å². The van der Waals surface area contributed by atoms with E-state index in [1.807, 2.05) is 6.07 Å². The summed E-state index contributed by atoms with van der Waals surface area (Å²) in [7, 11) is 0. The number of benzene rings is 2. The van der Waals surface area contributed by atoms with Gasteiger partial charge in [-0.15, -0.1) is 0 Å². The molecule has 1 aliphatic rings. The summed E-state index contributed by atoms with van der Waals surface area (Å²) in [5, 5.41) is 5.14. The lowest BCUT2D eigenvalue weighted by molar-refractivity contribution is 0.200. The van der Waals surface area contributed by atoms with Gasteiger partial charge in [-0.25, -0.2) is 0 Å². The van der Waals surface area contributed by atoms with Crippen molar-refractivity contribution >= 4 is 52.3 Å². The van der Waals surface area contributed by atoms with Crippen molar-refractivity contribution in [3.63, 3.8) is 0 Å². The van der Waals surface area contributed by atoms with Crippen molar-refractivity contribution in [3.05, 3.63) is 70.2 Å². The Morgan fingerprint density at radius 3 is 2.50 bits per heavy atom. The highest BCUT2D eigenvalue weighted by atomic mass is 35.5. The third-order valence-corrected chi connectivity index (χ3v) is 5.23. The third-order valence-electron chi connectivity index (χ3n) is 4.30. The van der Waals surface area contributed by atoms with E-state index in [1.165, 1.54) is 5.56 Å². The van der Waals surface area contributed by atoms with Crippen molar-refractivity contribution in [3.8, 4) is 0 Å². The second-order valence-electron chi connectivity index (χ2n) is 6.16. The highest BCUT2D eigenvalue weighted by Gasteiger charge is 2.18. The Kier molecular flexibility index (Phi) is 6.92. The quantitative estimate of drug-likeness (QED) is 0.719. The van der Waals surface area contributed by atoms with Crippen molar-refractivity contribution in [2.45, 2.75) is 0 Å². The molecule has 0 bridgehead atoms. The van der Waals surface area contributed by atoms with E-state index < -0.39 is 0 Å². The van der Waals surface area contributed by atoms with Crippen LogP contribution in [0.3, 0.4) is 0 Å². The number of thiocarbonyl (C=S) groups is 1. The zero-order chi connectivity index (χ0) is 18.4. The first kappa shape index (κ1) is 19.2. The smallest absolute Gasteiger partial charge is 0.173 e. The van der Waals surface area contributed by atoms with Crippen LogP contribution in [0, 0.1) is 0 Å². The Bertz CT molecular complexity index is 772. The van der Waals surface area contributed by atoms with E-state index >= 15 is 0 Å². The van der Waals surface area contributed by atoms with Gasteiger partial charge in [-0.1, -0.05) is 65.7 Å². The number of nitrogens with one attached hydrogen (secondary N) is 1. The van der Waals surface area contributed by atoms with Crippen LogP contribution < -0.4 is 5.32 Å². The van der Waals surface area contributed by atoms with Crippen LogP contribution in [-0.4, -0.2) is 47.6 Å². The van der Waals surface area contributed by atoms with Crippen LogP contribution in [0.4, 0.5) is 5.69 Å². The van der Waals surface area contributed by atoms with Gasteiger partial charge < -0.3 is 10.2 Å². The lowest BCUT2D eigenvalue weighted by Crippen LogP contribution is -2.49. The number of anilines is 1. The number of rotatable bonds is 4. The maximum Gasteiger partial charge on any atom is 0.173 e. The van der Waals surface area contributed by atoms with E-state index in [0.717, 1.165) is 38.4 Å².